The first-order chi connectivity index (χ1) is 8.87. The lowest BCUT2D eigenvalue weighted by Gasteiger charge is -2.16. The van der Waals surface area contributed by atoms with Crippen LogP contribution in [0, 0.1) is 0 Å². The number of rotatable bonds is 6. The number of carbonyl (C=O) groups is 1. The van der Waals surface area contributed by atoms with Crippen molar-refractivity contribution in [3.8, 4) is 0 Å². The van der Waals surface area contributed by atoms with Crippen LogP contribution in [-0.2, 0) is 19.6 Å². The maximum Gasteiger partial charge on any atom is 0.307 e. The van der Waals surface area contributed by atoms with E-state index in [0.717, 1.165) is 4.31 Å². The van der Waals surface area contributed by atoms with E-state index in [-0.39, 0.29) is 29.6 Å². The van der Waals surface area contributed by atoms with Crippen molar-refractivity contribution in [2.75, 3.05) is 20.2 Å². The first-order valence-corrected chi connectivity index (χ1v) is 7.43. The molecule has 106 valence electrons. The third-order valence-corrected chi connectivity index (χ3v) is 4.40. The van der Waals surface area contributed by atoms with Gasteiger partial charge in [0.2, 0.25) is 10.0 Å². The van der Waals surface area contributed by atoms with E-state index in [1.165, 1.54) is 25.4 Å². The topological polar surface area (TPSA) is 76.6 Å². The molecule has 8 heteroatoms. The van der Waals surface area contributed by atoms with Crippen LogP contribution in [-0.4, -0.2) is 43.9 Å². The standard InChI is InChI=1S/C11H15ClN2O4S/c1-3-18-11(15)5-7-14(2)19(16,17)9-4-6-13-10(12)8-9/h4,6,8H,3,5,7H2,1-2H3. The van der Waals surface area contributed by atoms with Crippen LogP contribution in [0.2, 0.25) is 5.15 Å². The molecule has 0 saturated carbocycles. The minimum atomic E-state index is -3.67. The largest absolute Gasteiger partial charge is 0.466 e. The van der Waals surface area contributed by atoms with Gasteiger partial charge in [-0.3, -0.25) is 4.79 Å². The predicted octanol–water partition coefficient (Wildman–Crippen LogP) is 1.31. The zero-order valence-corrected chi connectivity index (χ0v) is 12.2. The number of halogens is 1. The number of ether oxygens (including phenoxy) is 1. The summed E-state index contributed by atoms with van der Waals surface area (Å²) < 4.78 is 30.1. The molecular formula is C11H15ClN2O4S. The molecule has 1 rings (SSSR count). The molecule has 0 radical (unpaired) electrons. The molecule has 0 saturated heterocycles. The molecule has 1 heterocycles. The van der Waals surface area contributed by atoms with Gasteiger partial charge in [-0.05, 0) is 19.1 Å². The highest BCUT2D eigenvalue weighted by Crippen LogP contribution is 2.16. The lowest BCUT2D eigenvalue weighted by molar-refractivity contribution is -0.143. The number of carbonyl (C=O) groups excluding carboxylic acids is 1. The number of hydrogen-bond acceptors (Lipinski definition) is 5. The monoisotopic (exact) mass is 306 g/mol. The van der Waals surface area contributed by atoms with E-state index in [0.29, 0.717) is 0 Å². The van der Waals surface area contributed by atoms with Crippen LogP contribution in [0.1, 0.15) is 13.3 Å². The fraction of sp³-hybridized carbons (Fsp3) is 0.455. The van der Waals surface area contributed by atoms with Gasteiger partial charge in [-0.15, -0.1) is 0 Å². The number of hydrogen-bond donors (Lipinski definition) is 0. The van der Waals surface area contributed by atoms with Crippen molar-refractivity contribution in [2.24, 2.45) is 0 Å². The van der Waals surface area contributed by atoms with Gasteiger partial charge >= 0.3 is 5.97 Å². The van der Waals surface area contributed by atoms with E-state index in [2.05, 4.69) is 4.98 Å². The molecule has 0 aliphatic heterocycles. The second-order valence-corrected chi connectivity index (χ2v) is 6.13. The van der Waals surface area contributed by atoms with E-state index in [9.17, 15) is 13.2 Å². The maximum absolute atomic E-state index is 12.1. The number of esters is 1. The Morgan fingerprint density at radius 3 is 2.79 bits per heavy atom. The molecule has 0 aromatic carbocycles. The van der Waals surface area contributed by atoms with Crippen molar-refractivity contribution >= 4 is 27.6 Å². The first-order valence-electron chi connectivity index (χ1n) is 5.61. The van der Waals surface area contributed by atoms with Gasteiger partial charge in [-0.1, -0.05) is 11.6 Å². The minimum absolute atomic E-state index is 0.00237. The molecular weight excluding hydrogens is 292 g/mol. The van der Waals surface area contributed by atoms with Gasteiger partial charge in [0, 0.05) is 19.8 Å². The Bertz CT molecular complexity index is 547. The number of nitrogens with zero attached hydrogens (tertiary/aromatic N) is 2. The summed E-state index contributed by atoms with van der Waals surface area (Å²) in [7, 11) is -2.28. The van der Waals surface area contributed by atoms with Gasteiger partial charge < -0.3 is 4.74 Å². The van der Waals surface area contributed by atoms with Gasteiger partial charge in [0.1, 0.15) is 5.15 Å². The van der Waals surface area contributed by atoms with E-state index in [1.54, 1.807) is 6.92 Å². The van der Waals surface area contributed by atoms with Crippen molar-refractivity contribution in [3.63, 3.8) is 0 Å². The fourth-order valence-corrected chi connectivity index (χ4v) is 2.75. The van der Waals surface area contributed by atoms with Crippen LogP contribution in [0.5, 0.6) is 0 Å². The summed E-state index contributed by atoms with van der Waals surface area (Å²) in [4.78, 5) is 15.0. The smallest absolute Gasteiger partial charge is 0.307 e. The van der Waals surface area contributed by atoms with Crippen LogP contribution in [0.25, 0.3) is 0 Å². The summed E-state index contributed by atoms with van der Waals surface area (Å²) in [6.45, 7) is 2.01. The van der Waals surface area contributed by atoms with E-state index in [1.807, 2.05) is 0 Å². The van der Waals surface area contributed by atoms with E-state index >= 15 is 0 Å². The molecule has 1 aromatic heterocycles. The third kappa shape index (κ3) is 4.45. The average molecular weight is 307 g/mol. The number of sulfonamides is 1. The molecule has 0 aliphatic rings. The third-order valence-electron chi connectivity index (χ3n) is 2.34. The van der Waals surface area contributed by atoms with Gasteiger partial charge in [0.15, 0.2) is 0 Å². The van der Waals surface area contributed by atoms with Crippen LogP contribution in [0.3, 0.4) is 0 Å². The molecule has 0 spiro atoms. The van der Waals surface area contributed by atoms with Crippen molar-refractivity contribution in [1.29, 1.82) is 0 Å². The second kappa shape index (κ2) is 6.83. The quantitative estimate of drug-likeness (QED) is 0.585. The van der Waals surface area contributed by atoms with Gasteiger partial charge in [-0.2, -0.15) is 0 Å². The first kappa shape index (κ1) is 15.9. The van der Waals surface area contributed by atoms with Gasteiger partial charge in [0.25, 0.3) is 0 Å². The molecule has 19 heavy (non-hydrogen) atoms. The lowest BCUT2D eigenvalue weighted by atomic mass is 10.4. The highest BCUT2D eigenvalue weighted by atomic mass is 35.5. The molecule has 0 N–H and O–H groups in total. The Morgan fingerprint density at radius 1 is 1.53 bits per heavy atom. The summed E-state index contributed by atoms with van der Waals surface area (Å²) in [6, 6.07) is 2.61. The van der Waals surface area contributed by atoms with Crippen LogP contribution < -0.4 is 0 Å². The molecule has 0 atom stereocenters. The minimum Gasteiger partial charge on any atom is -0.466 e. The summed E-state index contributed by atoms with van der Waals surface area (Å²) in [5, 5.41) is 0.0971. The lowest BCUT2D eigenvalue weighted by Crippen LogP contribution is -2.29. The summed E-state index contributed by atoms with van der Waals surface area (Å²) >= 11 is 5.66. The second-order valence-electron chi connectivity index (χ2n) is 3.70. The number of pyridine rings is 1. The molecule has 0 bridgehead atoms. The zero-order valence-electron chi connectivity index (χ0n) is 10.7. The maximum atomic E-state index is 12.1. The predicted molar refractivity (Wildman–Crippen MR) is 70.3 cm³/mol. The number of aromatic nitrogens is 1. The Labute approximate surface area is 117 Å². The zero-order chi connectivity index (χ0) is 14.5. The van der Waals surface area contributed by atoms with Crippen molar-refractivity contribution in [2.45, 2.75) is 18.2 Å². The molecule has 0 aliphatic carbocycles. The van der Waals surface area contributed by atoms with Crippen LogP contribution >= 0.6 is 11.6 Å². The van der Waals surface area contributed by atoms with E-state index in [4.69, 9.17) is 16.3 Å². The molecule has 1 aromatic rings. The molecule has 0 fully saturated rings. The van der Waals surface area contributed by atoms with Gasteiger partial charge in [0.05, 0.1) is 17.9 Å². The van der Waals surface area contributed by atoms with E-state index < -0.39 is 16.0 Å². The summed E-state index contributed by atoms with van der Waals surface area (Å²) in [5.41, 5.74) is 0. The average Bonchev–Trinajstić information content (AvgIpc) is 2.36. The fourth-order valence-electron chi connectivity index (χ4n) is 1.33. The summed E-state index contributed by atoms with van der Waals surface area (Å²) in [5.74, 6) is -0.433. The SMILES string of the molecule is CCOC(=O)CCN(C)S(=O)(=O)c1ccnc(Cl)c1. The van der Waals surface area contributed by atoms with Crippen molar-refractivity contribution in [1.82, 2.24) is 9.29 Å². The highest BCUT2D eigenvalue weighted by molar-refractivity contribution is 7.89. The molecule has 0 amide bonds. The van der Waals surface area contributed by atoms with Gasteiger partial charge in [-0.25, -0.2) is 17.7 Å². The Kier molecular flexibility index (Phi) is 5.71. The Morgan fingerprint density at radius 2 is 2.21 bits per heavy atom. The van der Waals surface area contributed by atoms with Crippen LogP contribution in [0.15, 0.2) is 23.2 Å². The molecule has 6 nitrogen and oxygen atoms in total. The highest BCUT2D eigenvalue weighted by Gasteiger charge is 2.21. The van der Waals surface area contributed by atoms with Crippen molar-refractivity contribution < 1.29 is 17.9 Å². The van der Waals surface area contributed by atoms with Crippen molar-refractivity contribution in [3.05, 3.63) is 23.5 Å². The van der Waals surface area contributed by atoms with Crippen LogP contribution in [0.4, 0.5) is 0 Å². The molecule has 0 unspecified atom stereocenters. The Hall–Kier alpha value is -1.18. The normalized spacial score (nSPS) is 11.6. The summed E-state index contributed by atoms with van der Waals surface area (Å²) in [6.07, 6.45) is 1.32. The Balaban J connectivity index is 2.75.